The lowest BCUT2D eigenvalue weighted by molar-refractivity contribution is -0.205. The van der Waals surface area contributed by atoms with Crippen molar-refractivity contribution in [3.63, 3.8) is 0 Å². The van der Waals surface area contributed by atoms with Gasteiger partial charge in [-0.05, 0) is 125 Å². The van der Waals surface area contributed by atoms with Crippen molar-refractivity contribution in [1.82, 2.24) is 31.9 Å². The molecule has 7 fully saturated rings. The number of ether oxygens (including phenoxy) is 6. The summed E-state index contributed by atoms with van der Waals surface area (Å²) in [5.74, 6) is -0.624. The van der Waals surface area contributed by atoms with E-state index in [1.54, 1.807) is 39.5 Å². The molecule has 24 nitrogen and oxygen atoms in total. The first-order chi connectivity index (χ1) is 50.1. The molecule has 9 aliphatic rings. The highest BCUT2D eigenvalue weighted by atomic mass is 35.5. The fourth-order valence-electron chi connectivity index (χ4n) is 15.7. The molecule has 105 heavy (non-hydrogen) atoms. The zero-order valence-corrected chi connectivity index (χ0v) is 64.7. The highest BCUT2D eigenvalue weighted by Gasteiger charge is 2.54. The van der Waals surface area contributed by atoms with Gasteiger partial charge in [0.05, 0.1) is 65.8 Å². The number of allylic oxidation sites excluding steroid dienone is 2. The quantitative estimate of drug-likeness (QED) is 0.0814. The minimum Gasteiger partial charge on any atom is -0.388 e. The second-order valence-electron chi connectivity index (χ2n) is 28.9. The average molecular weight is 1590 g/mol. The number of nitrogens with one attached hydrogen (secondary N) is 6. The summed E-state index contributed by atoms with van der Waals surface area (Å²) in [4.78, 5) is 40.1. The third kappa shape index (κ3) is 20.0. The number of thioether (sulfide) groups is 3. The number of aryl methyl sites for hydroxylation is 2. The van der Waals surface area contributed by atoms with Gasteiger partial charge in [0.25, 0.3) is 0 Å². The molecule has 3 amide bonds. The second kappa shape index (κ2) is 38.3. The van der Waals surface area contributed by atoms with E-state index in [1.807, 2.05) is 12.1 Å². The molecule has 31 heteroatoms. The van der Waals surface area contributed by atoms with E-state index in [0.717, 1.165) is 42.4 Å². The maximum absolute atomic E-state index is 13.4. The van der Waals surface area contributed by atoms with Crippen LogP contribution in [0.5, 0.6) is 0 Å². The summed E-state index contributed by atoms with van der Waals surface area (Å²) in [5.41, 5.74) is 5.95. The van der Waals surface area contributed by atoms with Gasteiger partial charge in [-0.25, -0.2) is 4.39 Å². The molecule has 584 valence electrons. The lowest BCUT2D eigenvalue weighted by Crippen LogP contribution is -2.65. The Hall–Kier alpha value is -3.32. The second-order valence-corrected chi connectivity index (χ2v) is 33.8. The van der Waals surface area contributed by atoms with Crippen molar-refractivity contribution in [1.29, 1.82) is 0 Å². The van der Waals surface area contributed by atoms with Gasteiger partial charge >= 0.3 is 0 Å². The first-order valence-electron chi connectivity index (χ1n) is 36.0. The number of rotatable bonds is 18. The topological polar surface area (TPSA) is 361 Å². The van der Waals surface area contributed by atoms with Crippen LogP contribution >= 0.6 is 70.1 Å². The summed E-state index contributed by atoms with van der Waals surface area (Å²) in [6.07, 6.45) is -3.61. The van der Waals surface area contributed by atoms with E-state index in [4.69, 9.17) is 63.2 Å². The van der Waals surface area contributed by atoms with E-state index in [1.165, 1.54) is 69.7 Å². The van der Waals surface area contributed by atoms with Crippen LogP contribution in [0.3, 0.4) is 0 Å². The van der Waals surface area contributed by atoms with E-state index < -0.39 is 142 Å². The third-order valence-corrected chi connectivity index (χ3v) is 25.1. The summed E-state index contributed by atoms with van der Waals surface area (Å²) in [6, 6.07) is 19.2. The van der Waals surface area contributed by atoms with Gasteiger partial charge in [0.1, 0.15) is 113 Å². The number of hydrogen-bond donors (Lipinski definition) is 15. The van der Waals surface area contributed by atoms with Crippen molar-refractivity contribution < 1.29 is 93.2 Å². The Morgan fingerprint density at radius 1 is 0.476 bits per heavy atom. The molecule has 0 aromatic heterocycles. The van der Waals surface area contributed by atoms with Crippen LogP contribution < -0.4 is 31.9 Å². The Morgan fingerprint density at radius 3 is 1.14 bits per heavy atom. The predicted octanol–water partition coefficient (Wildman–Crippen LogP) is 3.04. The number of hydrogen-bond acceptors (Lipinski definition) is 24. The highest BCUT2D eigenvalue weighted by molar-refractivity contribution is 7.99. The molecule has 15 N–H and O–H groups in total. The molecule has 0 aliphatic carbocycles. The maximum atomic E-state index is 13.4. The van der Waals surface area contributed by atoms with Gasteiger partial charge in [0.15, 0.2) is 0 Å². The van der Waals surface area contributed by atoms with Crippen LogP contribution in [0.15, 0.2) is 84.9 Å². The van der Waals surface area contributed by atoms with Crippen LogP contribution in [-0.2, 0) is 42.8 Å². The van der Waals surface area contributed by atoms with Crippen molar-refractivity contribution in [3.8, 4) is 0 Å². The number of carbonyl (C=O) groups is 3. The lowest BCUT2D eigenvalue weighted by atomic mass is 9.85. The molecule has 3 aromatic carbocycles. The normalized spacial score (nSPS) is 37.8. The number of aliphatic hydroxyl groups excluding tert-OH is 9. The fraction of sp³-hybridized carbons (Fsp3) is 0.662. The number of aliphatic hydroxyl groups is 9. The van der Waals surface area contributed by atoms with Gasteiger partial charge in [-0.3, -0.25) is 14.4 Å². The van der Waals surface area contributed by atoms with Crippen LogP contribution in [0.2, 0.25) is 0 Å². The Kier molecular flexibility index (Phi) is 30.7. The fourth-order valence-corrected chi connectivity index (χ4v) is 18.4. The largest absolute Gasteiger partial charge is 0.388 e. The van der Waals surface area contributed by atoms with E-state index in [-0.39, 0.29) is 65.5 Å². The first-order valence-corrected chi connectivity index (χ1v) is 41.1. The van der Waals surface area contributed by atoms with Crippen LogP contribution in [0.1, 0.15) is 80.2 Å². The smallest absolute Gasteiger partial charge is 0.240 e. The van der Waals surface area contributed by atoms with Gasteiger partial charge in [-0.15, -0.1) is 70.1 Å². The highest BCUT2D eigenvalue weighted by Crippen LogP contribution is 2.40. The Balaban J connectivity index is 0.000000169. The summed E-state index contributed by atoms with van der Waals surface area (Å²) >= 11 is 22.9. The van der Waals surface area contributed by atoms with Gasteiger partial charge in [-0.2, -0.15) is 0 Å². The van der Waals surface area contributed by atoms with Gasteiger partial charge < -0.3 is 106 Å². The van der Waals surface area contributed by atoms with Crippen LogP contribution in [0, 0.1) is 37.4 Å². The summed E-state index contributed by atoms with van der Waals surface area (Å²) in [5, 5.41) is 110. The first kappa shape index (κ1) is 84.1. The molecule has 31 atom stereocenters. The zero-order chi connectivity index (χ0) is 75.8. The van der Waals surface area contributed by atoms with Crippen LogP contribution in [-0.4, -0.2) is 282 Å². The number of halogens is 4. The van der Waals surface area contributed by atoms with E-state index in [2.05, 4.69) is 106 Å². The summed E-state index contributed by atoms with van der Waals surface area (Å²) in [7, 11) is 0. The number of amides is 3. The van der Waals surface area contributed by atoms with Crippen molar-refractivity contribution in [2.75, 3.05) is 58.2 Å². The van der Waals surface area contributed by atoms with Gasteiger partial charge in [-0.1, -0.05) is 83.9 Å². The standard InChI is InChI=1S/2C25H35ClN2O6S.C24H34ClFN2O6S/c2*1-12-4-6-14(7-5-12)15-8-9-33-22-16(10-15)11-27-18(22)24(32)28-17(13(2)26)23-20(30)19(29)21(31)25(34-23)35-3;1-11(25)16(22-19(30)18(29)20(31)24(34-22)35-2)28-23(32)17-21-14(10-27-17)9-13(7-8-33-21)12-3-5-15(26)6-4-12/h2*4-8,13,16-23,25,27,29-31H,9-11H2,1-3H3,(H,28,32);3-6,11,13-14,16-22,24,27,29-31H,7-10H2,1-2H3,(H,28,32)/t2*13-,16-,17+,18-,19+,20?,21+,22+,23+,25?;11-,13-,14-,16+,17-,18+,19?,20+,21+,22+,24?/m000/s1. The number of benzene rings is 3. The van der Waals surface area contributed by atoms with E-state index >= 15 is 0 Å². The number of carbonyl (C=O) groups excluding carboxylic acids is 3. The molecule has 6 unspecified atom stereocenters. The SMILES string of the molecule is CSC1O[C@H]([C@H](NC(=O)[C@H]2NC[C@@H]3CC(c4ccc(C)cc4)=CCO[C@H]32)[C@H](C)Cl)C(O)[C@@H](O)[C@H]1O.CSC1O[C@H]([C@H](NC(=O)[C@H]2NC[C@@H]3CC(c4ccc(C)cc4)=CCO[C@H]32)[C@H](C)Cl)C(O)[C@@H](O)[C@H]1O.CSC1O[C@H]([C@H](NC(=O)[C@H]2NC[C@@H]3C[C@@H](c4ccc(F)cc4)CCO[C@H]32)[C@H](C)Cl)C(O)[C@@H](O)[C@H]1O. The van der Waals surface area contributed by atoms with Gasteiger partial charge in [0, 0.05) is 44.0 Å². The molecule has 12 rings (SSSR count). The van der Waals surface area contributed by atoms with E-state index in [0.29, 0.717) is 39.5 Å². The molecular formula is C74H104Cl3FN6O18S3. The molecule has 0 radical (unpaired) electrons. The Labute approximate surface area is 641 Å². The number of fused-ring (bicyclic) bond motifs is 3. The minimum atomic E-state index is -1.43. The molecule has 3 aromatic rings. The van der Waals surface area contributed by atoms with Crippen molar-refractivity contribution in [2.24, 2.45) is 17.8 Å². The molecule has 9 heterocycles. The molecule has 0 saturated carbocycles. The molecule has 0 spiro atoms. The number of alkyl halides is 3. The Morgan fingerprint density at radius 2 is 0.810 bits per heavy atom. The molecule has 9 aliphatic heterocycles. The summed E-state index contributed by atoms with van der Waals surface area (Å²) < 4.78 is 49.3. The zero-order valence-electron chi connectivity index (χ0n) is 60.0. The molecular weight excluding hydrogens is 1480 g/mol. The lowest BCUT2D eigenvalue weighted by Gasteiger charge is -2.44. The van der Waals surface area contributed by atoms with E-state index in [9.17, 15) is 64.7 Å². The molecule has 0 bridgehead atoms. The third-order valence-electron chi connectivity index (χ3n) is 21.8. The van der Waals surface area contributed by atoms with Crippen LogP contribution in [0.4, 0.5) is 4.39 Å². The van der Waals surface area contributed by atoms with Crippen molar-refractivity contribution in [3.05, 3.63) is 119 Å². The average Bonchev–Trinajstić information content (AvgIpc) is 1.70. The monoisotopic (exact) mass is 1580 g/mol. The maximum Gasteiger partial charge on any atom is 0.240 e. The minimum absolute atomic E-state index is 0.101. The predicted molar refractivity (Wildman–Crippen MR) is 403 cm³/mol. The van der Waals surface area contributed by atoms with Gasteiger partial charge in [0.2, 0.25) is 17.7 Å². The molecule has 7 saturated heterocycles. The summed E-state index contributed by atoms with van der Waals surface area (Å²) in [6.45, 7) is 12.4. The van der Waals surface area contributed by atoms with Crippen molar-refractivity contribution >= 4 is 99.0 Å². The van der Waals surface area contributed by atoms with Crippen LogP contribution in [0.25, 0.3) is 11.1 Å². The Bertz CT molecular complexity index is 3150. The van der Waals surface area contributed by atoms with Crippen molar-refractivity contribution in [2.45, 2.75) is 226 Å².